The number of nitro groups is 1. The van der Waals surface area contributed by atoms with Gasteiger partial charge in [0, 0.05) is 24.0 Å². The van der Waals surface area contributed by atoms with E-state index < -0.39 is 16.7 Å². The third-order valence-corrected chi connectivity index (χ3v) is 4.93. The van der Waals surface area contributed by atoms with Crippen molar-refractivity contribution in [3.8, 4) is 0 Å². The van der Waals surface area contributed by atoms with E-state index in [1.54, 1.807) is 23.5 Å². The summed E-state index contributed by atoms with van der Waals surface area (Å²) in [6.45, 7) is 1.00. The standard InChI is InChI=1S/C16H14N2O4S/c19-10-14(20)16-15-11(3-1-5-13(15)18(21)22)9-17(16)7-6-12-4-2-8-23-12/h1-5,8,10,16H,6-7,9H2. The fourth-order valence-electron chi connectivity index (χ4n) is 3.01. The molecule has 0 bridgehead atoms. The first-order chi connectivity index (χ1) is 11.1. The molecule has 1 aromatic carbocycles. The summed E-state index contributed by atoms with van der Waals surface area (Å²) in [5.41, 5.74) is 1.01. The maximum atomic E-state index is 12.1. The van der Waals surface area contributed by atoms with Crippen molar-refractivity contribution in [2.24, 2.45) is 0 Å². The van der Waals surface area contributed by atoms with Gasteiger partial charge in [0.15, 0.2) is 6.29 Å². The Kier molecular flexibility index (Phi) is 4.31. The van der Waals surface area contributed by atoms with Crippen molar-refractivity contribution in [3.05, 3.63) is 61.8 Å². The highest BCUT2D eigenvalue weighted by Crippen LogP contribution is 2.39. The highest BCUT2D eigenvalue weighted by molar-refractivity contribution is 7.09. The quantitative estimate of drug-likeness (QED) is 0.352. The smallest absolute Gasteiger partial charge is 0.274 e. The zero-order valence-electron chi connectivity index (χ0n) is 12.2. The van der Waals surface area contributed by atoms with Gasteiger partial charge in [-0.15, -0.1) is 11.3 Å². The molecule has 1 atom stereocenters. The van der Waals surface area contributed by atoms with Crippen molar-refractivity contribution in [2.75, 3.05) is 6.54 Å². The van der Waals surface area contributed by atoms with Crippen LogP contribution in [0.3, 0.4) is 0 Å². The van der Waals surface area contributed by atoms with Crippen LogP contribution in [-0.2, 0) is 22.6 Å². The van der Waals surface area contributed by atoms with Gasteiger partial charge in [-0.2, -0.15) is 0 Å². The molecule has 0 aliphatic carbocycles. The molecular weight excluding hydrogens is 316 g/mol. The molecule has 2 heterocycles. The molecule has 1 aliphatic rings. The van der Waals surface area contributed by atoms with Gasteiger partial charge in [0.25, 0.3) is 5.69 Å². The molecule has 1 aliphatic heterocycles. The number of carbonyl (C=O) groups excluding carboxylic acids is 2. The first-order valence-corrected chi connectivity index (χ1v) is 8.01. The van der Waals surface area contributed by atoms with Gasteiger partial charge in [-0.3, -0.25) is 24.6 Å². The molecule has 1 unspecified atom stereocenters. The molecule has 7 heteroatoms. The molecule has 0 saturated heterocycles. The second kappa shape index (κ2) is 6.39. The van der Waals surface area contributed by atoms with E-state index in [0.29, 0.717) is 18.7 Å². The van der Waals surface area contributed by atoms with Gasteiger partial charge in [-0.1, -0.05) is 18.2 Å². The number of thiophene rings is 1. The summed E-state index contributed by atoms with van der Waals surface area (Å²) in [6.07, 6.45) is 0.997. The Bertz CT molecular complexity index is 757. The normalized spacial score (nSPS) is 17.0. The van der Waals surface area contributed by atoms with Crippen molar-refractivity contribution < 1.29 is 14.5 Å². The lowest BCUT2D eigenvalue weighted by Gasteiger charge is -2.21. The zero-order valence-corrected chi connectivity index (χ0v) is 13.0. The maximum Gasteiger partial charge on any atom is 0.274 e. The van der Waals surface area contributed by atoms with Crippen molar-refractivity contribution in [2.45, 2.75) is 19.0 Å². The molecule has 0 radical (unpaired) electrons. The molecule has 0 N–H and O–H groups in total. The zero-order chi connectivity index (χ0) is 16.4. The molecule has 0 saturated carbocycles. The number of ketones is 1. The molecule has 0 amide bonds. The molecule has 0 fully saturated rings. The Morgan fingerprint density at radius 3 is 2.87 bits per heavy atom. The highest BCUT2D eigenvalue weighted by Gasteiger charge is 2.40. The number of rotatable bonds is 6. The van der Waals surface area contributed by atoms with Gasteiger partial charge >= 0.3 is 0 Å². The number of nitro benzene ring substituents is 1. The Morgan fingerprint density at radius 1 is 1.39 bits per heavy atom. The average Bonchev–Trinajstić information content (AvgIpc) is 3.18. The molecule has 2 aromatic rings. The summed E-state index contributed by atoms with van der Waals surface area (Å²) in [7, 11) is 0. The highest BCUT2D eigenvalue weighted by atomic mass is 32.1. The summed E-state index contributed by atoms with van der Waals surface area (Å²) >= 11 is 1.62. The minimum absolute atomic E-state index is 0.0960. The van der Waals surface area contributed by atoms with E-state index in [9.17, 15) is 19.7 Å². The summed E-state index contributed by atoms with van der Waals surface area (Å²) in [6, 6.07) is 7.88. The monoisotopic (exact) mass is 330 g/mol. The number of Topliss-reactive ketones (excluding diaryl/α,β-unsaturated/α-hetero) is 1. The van der Waals surface area contributed by atoms with E-state index in [0.717, 1.165) is 12.0 Å². The second-order valence-corrected chi connectivity index (χ2v) is 6.36. The second-order valence-electron chi connectivity index (χ2n) is 5.33. The number of aldehydes is 1. The Labute approximate surface area is 136 Å². The van der Waals surface area contributed by atoms with Crippen LogP contribution < -0.4 is 0 Å². The van der Waals surface area contributed by atoms with Crippen LogP contribution in [0.1, 0.15) is 22.0 Å². The third kappa shape index (κ3) is 2.93. The van der Waals surface area contributed by atoms with Crippen molar-refractivity contribution in [3.63, 3.8) is 0 Å². The number of benzene rings is 1. The fraction of sp³-hybridized carbons (Fsp3) is 0.250. The lowest BCUT2D eigenvalue weighted by atomic mass is 10.00. The van der Waals surface area contributed by atoms with Crippen molar-refractivity contribution >= 4 is 29.1 Å². The molecule has 118 valence electrons. The average molecular weight is 330 g/mol. The predicted octanol–water partition coefficient (Wildman–Crippen LogP) is 2.52. The number of hydrogen-bond acceptors (Lipinski definition) is 6. The van der Waals surface area contributed by atoms with Crippen molar-refractivity contribution in [1.82, 2.24) is 4.90 Å². The van der Waals surface area contributed by atoms with E-state index in [1.807, 2.05) is 22.4 Å². The molecule has 0 spiro atoms. The molecule has 3 rings (SSSR count). The lowest BCUT2D eigenvalue weighted by Crippen LogP contribution is -2.31. The van der Waals surface area contributed by atoms with Crippen LogP contribution >= 0.6 is 11.3 Å². The van der Waals surface area contributed by atoms with Gasteiger partial charge in [0.2, 0.25) is 5.78 Å². The topological polar surface area (TPSA) is 80.5 Å². The lowest BCUT2D eigenvalue weighted by molar-refractivity contribution is -0.385. The predicted molar refractivity (Wildman–Crippen MR) is 85.3 cm³/mol. The Balaban J connectivity index is 1.93. The summed E-state index contributed by atoms with van der Waals surface area (Å²) in [4.78, 5) is 36.9. The van der Waals surface area contributed by atoms with Gasteiger partial charge < -0.3 is 0 Å². The van der Waals surface area contributed by atoms with Crippen LogP contribution in [0, 0.1) is 10.1 Å². The number of fused-ring (bicyclic) bond motifs is 1. The number of nitrogens with zero attached hydrogens (tertiary/aromatic N) is 2. The van der Waals surface area contributed by atoms with Crippen LogP contribution in [-0.4, -0.2) is 28.4 Å². The first-order valence-electron chi connectivity index (χ1n) is 7.13. The largest absolute Gasteiger partial charge is 0.295 e. The van der Waals surface area contributed by atoms with Crippen molar-refractivity contribution in [1.29, 1.82) is 0 Å². The summed E-state index contributed by atoms with van der Waals surface area (Å²) < 4.78 is 0. The minimum Gasteiger partial charge on any atom is -0.295 e. The Morgan fingerprint density at radius 2 is 2.22 bits per heavy atom. The SMILES string of the molecule is O=CC(=O)C1c2c(cccc2[N+](=O)[O-])CN1CCc1cccs1. The van der Waals surface area contributed by atoms with Crippen LogP contribution in [0.25, 0.3) is 0 Å². The van der Waals surface area contributed by atoms with Crippen LogP contribution in [0.2, 0.25) is 0 Å². The van der Waals surface area contributed by atoms with E-state index in [1.165, 1.54) is 10.9 Å². The Hall–Kier alpha value is -2.38. The minimum atomic E-state index is -0.857. The van der Waals surface area contributed by atoms with Crippen LogP contribution in [0.5, 0.6) is 0 Å². The van der Waals surface area contributed by atoms with E-state index in [-0.39, 0.29) is 12.0 Å². The maximum absolute atomic E-state index is 12.1. The van der Waals surface area contributed by atoms with Gasteiger partial charge in [0.1, 0.15) is 6.04 Å². The molecular formula is C16H14N2O4S. The van der Waals surface area contributed by atoms with E-state index in [4.69, 9.17) is 0 Å². The van der Waals surface area contributed by atoms with Gasteiger partial charge in [-0.25, -0.2) is 0 Å². The van der Waals surface area contributed by atoms with E-state index in [2.05, 4.69) is 0 Å². The van der Waals surface area contributed by atoms with Gasteiger partial charge in [0.05, 0.1) is 10.5 Å². The molecule has 23 heavy (non-hydrogen) atoms. The summed E-state index contributed by atoms with van der Waals surface area (Å²) in [5.74, 6) is -0.635. The molecule has 6 nitrogen and oxygen atoms in total. The molecule has 1 aromatic heterocycles. The van der Waals surface area contributed by atoms with Gasteiger partial charge in [-0.05, 0) is 23.4 Å². The number of hydrogen-bond donors (Lipinski definition) is 0. The summed E-state index contributed by atoms with van der Waals surface area (Å²) in [5, 5.41) is 13.2. The van der Waals surface area contributed by atoms with Crippen LogP contribution in [0.4, 0.5) is 5.69 Å². The number of carbonyl (C=O) groups is 2. The van der Waals surface area contributed by atoms with E-state index >= 15 is 0 Å². The third-order valence-electron chi connectivity index (χ3n) is 3.99. The first kappa shape index (κ1) is 15.5. The fourth-order valence-corrected chi connectivity index (χ4v) is 3.71. The van der Waals surface area contributed by atoms with Crippen LogP contribution in [0.15, 0.2) is 35.7 Å².